The summed E-state index contributed by atoms with van der Waals surface area (Å²) in [6, 6.07) is 18.6. The van der Waals surface area contributed by atoms with Gasteiger partial charge in [-0.2, -0.15) is 0 Å². The molecule has 6 nitrogen and oxygen atoms in total. The number of hydrogen-bond donors (Lipinski definition) is 2. The standard InChI is InChI=1S/C20H20N4O2/c1-3-14-8-4-5-9-15(14)22-20(25)17-12-13-19(24-23-17)21-16-10-6-7-11-18(16)26-2/h4-13H,3H2,1-2H3,(H,21,24)(H,22,25). The van der Waals surface area contributed by atoms with Gasteiger partial charge in [-0.05, 0) is 42.3 Å². The Bertz CT molecular complexity index is 894. The van der Waals surface area contributed by atoms with Gasteiger partial charge >= 0.3 is 0 Å². The molecule has 0 atom stereocenters. The van der Waals surface area contributed by atoms with Crippen LogP contribution in [0.1, 0.15) is 23.0 Å². The van der Waals surface area contributed by atoms with Crippen molar-refractivity contribution in [2.45, 2.75) is 13.3 Å². The minimum Gasteiger partial charge on any atom is -0.495 e. The molecule has 6 heteroatoms. The zero-order valence-corrected chi connectivity index (χ0v) is 14.7. The second kappa shape index (κ2) is 8.11. The molecule has 0 aliphatic heterocycles. The average Bonchev–Trinajstić information content (AvgIpc) is 2.69. The molecule has 132 valence electrons. The molecule has 1 amide bonds. The molecule has 26 heavy (non-hydrogen) atoms. The molecule has 1 aromatic heterocycles. The molecule has 2 aromatic carbocycles. The Kier molecular flexibility index (Phi) is 5.43. The maximum absolute atomic E-state index is 12.4. The lowest BCUT2D eigenvalue weighted by molar-refractivity contribution is 0.102. The first-order valence-corrected chi connectivity index (χ1v) is 8.34. The van der Waals surface area contributed by atoms with Crippen LogP contribution >= 0.6 is 0 Å². The normalized spacial score (nSPS) is 10.2. The highest BCUT2D eigenvalue weighted by atomic mass is 16.5. The minimum absolute atomic E-state index is 0.251. The highest BCUT2D eigenvalue weighted by Gasteiger charge is 2.11. The van der Waals surface area contributed by atoms with E-state index < -0.39 is 0 Å². The summed E-state index contributed by atoms with van der Waals surface area (Å²) in [5.41, 5.74) is 2.89. The molecule has 0 saturated heterocycles. The largest absolute Gasteiger partial charge is 0.495 e. The number of amides is 1. The monoisotopic (exact) mass is 348 g/mol. The summed E-state index contributed by atoms with van der Waals surface area (Å²) < 4.78 is 5.29. The summed E-state index contributed by atoms with van der Waals surface area (Å²) in [6.45, 7) is 2.04. The van der Waals surface area contributed by atoms with Gasteiger partial charge in [0.1, 0.15) is 5.75 Å². The van der Waals surface area contributed by atoms with Gasteiger partial charge < -0.3 is 15.4 Å². The number of benzene rings is 2. The molecule has 0 spiro atoms. The lowest BCUT2D eigenvalue weighted by Gasteiger charge is -2.11. The van der Waals surface area contributed by atoms with Gasteiger partial charge in [-0.1, -0.05) is 37.3 Å². The van der Waals surface area contributed by atoms with Crippen LogP contribution in [0.25, 0.3) is 0 Å². The average molecular weight is 348 g/mol. The van der Waals surface area contributed by atoms with E-state index in [4.69, 9.17) is 4.74 Å². The first kappa shape index (κ1) is 17.4. The SMILES string of the molecule is CCc1ccccc1NC(=O)c1ccc(Nc2ccccc2OC)nn1. The lowest BCUT2D eigenvalue weighted by atomic mass is 10.1. The predicted molar refractivity (Wildman–Crippen MR) is 102 cm³/mol. The number of anilines is 3. The summed E-state index contributed by atoms with van der Waals surface area (Å²) >= 11 is 0. The summed E-state index contributed by atoms with van der Waals surface area (Å²) in [5.74, 6) is 0.939. The van der Waals surface area contributed by atoms with Crippen molar-refractivity contribution in [2.24, 2.45) is 0 Å². The summed E-state index contributed by atoms with van der Waals surface area (Å²) in [4.78, 5) is 12.4. The van der Waals surface area contributed by atoms with Crippen LogP contribution in [0.5, 0.6) is 5.75 Å². The number of methoxy groups -OCH3 is 1. The van der Waals surface area contributed by atoms with Crippen molar-refractivity contribution < 1.29 is 9.53 Å². The number of aromatic nitrogens is 2. The highest BCUT2D eigenvalue weighted by molar-refractivity contribution is 6.03. The van der Waals surface area contributed by atoms with E-state index in [0.29, 0.717) is 11.6 Å². The van der Waals surface area contributed by atoms with Crippen LogP contribution in [0, 0.1) is 0 Å². The van der Waals surface area contributed by atoms with Crippen molar-refractivity contribution in [3.05, 3.63) is 71.9 Å². The lowest BCUT2D eigenvalue weighted by Crippen LogP contribution is -2.15. The molecule has 3 aromatic rings. The number of nitrogens with one attached hydrogen (secondary N) is 2. The Morgan fingerprint density at radius 2 is 1.69 bits per heavy atom. The third-order valence-corrected chi connectivity index (χ3v) is 3.91. The molecular formula is C20H20N4O2. The number of aryl methyl sites for hydroxylation is 1. The van der Waals surface area contributed by atoms with Crippen molar-refractivity contribution in [3.63, 3.8) is 0 Å². The third-order valence-electron chi connectivity index (χ3n) is 3.91. The maximum atomic E-state index is 12.4. The van der Waals surface area contributed by atoms with E-state index in [9.17, 15) is 4.79 Å². The van der Waals surface area contributed by atoms with Crippen molar-refractivity contribution in [1.29, 1.82) is 0 Å². The van der Waals surface area contributed by atoms with E-state index in [-0.39, 0.29) is 11.6 Å². The Morgan fingerprint density at radius 3 is 2.38 bits per heavy atom. The van der Waals surface area contributed by atoms with E-state index in [1.807, 2.05) is 55.5 Å². The number of carbonyl (C=O) groups is 1. The quantitative estimate of drug-likeness (QED) is 0.703. The summed E-state index contributed by atoms with van der Waals surface area (Å²) in [5, 5.41) is 14.1. The van der Waals surface area contributed by atoms with Gasteiger partial charge in [0.25, 0.3) is 5.91 Å². The van der Waals surface area contributed by atoms with E-state index in [2.05, 4.69) is 20.8 Å². The van der Waals surface area contributed by atoms with E-state index in [1.54, 1.807) is 19.2 Å². The van der Waals surface area contributed by atoms with Crippen LogP contribution in [0.2, 0.25) is 0 Å². The van der Waals surface area contributed by atoms with Crippen LogP contribution in [-0.2, 0) is 6.42 Å². The maximum Gasteiger partial charge on any atom is 0.276 e. The van der Waals surface area contributed by atoms with Crippen molar-refractivity contribution in [1.82, 2.24) is 10.2 Å². The molecule has 0 radical (unpaired) electrons. The van der Waals surface area contributed by atoms with Gasteiger partial charge in [-0.15, -0.1) is 10.2 Å². The van der Waals surface area contributed by atoms with Crippen LogP contribution < -0.4 is 15.4 Å². The van der Waals surface area contributed by atoms with E-state index in [1.165, 1.54) is 0 Å². The van der Waals surface area contributed by atoms with Gasteiger partial charge in [0.15, 0.2) is 11.5 Å². The zero-order chi connectivity index (χ0) is 18.4. The Hall–Kier alpha value is -3.41. The smallest absolute Gasteiger partial charge is 0.276 e. The highest BCUT2D eigenvalue weighted by Crippen LogP contribution is 2.25. The van der Waals surface area contributed by atoms with Gasteiger partial charge in [0.2, 0.25) is 0 Å². The minimum atomic E-state index is -0.290. The molecule has 3 rings (SSSR count). The summed E-state index contributed by atoms with van der Waals surface area (Å²) in [7, 11) is 1.60. The third kappa shape index (κ3) is 3.97. The number of ether oxygens (including phenoxy) is 1. The Balaban J connectivity index is 1.72. The molecule has 1 heterocycles. The van der Waals surface area contributed by atoms with E-state index in [0.717, 1.165) is 23.4 Å². The van der Waals surface area contributed by atoms with Crippen LogP contribution in [0.4, 0.5) is 17.2 Å². The predicted octanol–water partition coefficient (Wildman–Crippen LogP) is 4.04. The first-order chi connectivity index (χ1) is 12.7. The topological polar surface area (TPSA) is 76.1 Å². The van der Waals surface area contributed by atoms with Crippen molar-refractivity contribution >= 4 is 23.1 Å². The zero-order valence-electron chi connectivity index (χ0n) is 14.7. The van der Waals surface area contributed by atoms with Gasteiger partial charge in [0.05, 0.1) is 12.8 Å². The molecule has 2 N–H and O–H groups in total. The van der Waals surface area contributed by atoms with Crippen molar-refractivity contribution in [3.8, 4) is 5.75 Å². The Labute approximate surface area is 152 Å². The number of para-hydroxylation sites is 3. The number of nitrogens with zero attached hydrogens (tertiary/aromatic N) is 2. The summed E-state index contributed by atoms with van der Waals surface area (Å²) in [6.07, 6.45) is 0.837. The molecule has 0 fully saturated rings. The fraction of sp³-hybridized carbons (Fsp3) is 0.150. The van der Waals surface area contributed by atoms with Crippen LogP contribution in [0.15, 0.2) is 60.7 Å². The molecule has 0 bridgehead atoms. The molecule has 0 saturated carbocycles. The number of carbonyl (C=O) groups excluding carboxylic acids is 1. The second-order valence-corrected chi connectivity index (χ2v) is 5.59. The molecular weight excluding hydrogens is 328 g/mol. The molecule has 0 aliphatic rings. The second-order valence-electron chi connectivity index (χ2n) is 5.59. The van der Waals surface area contributed by atoms with Gasteiger partial charge in [0, 0.05) is 5.69 Å². The fourth-order valence-electron chi connectivity index (χ4n) is 2.54. The number of hydrogen-bond acceptors (Lipinski definition) is 5. The molecule has 0 unspecified atom stereocenters. The first-order valence-electron chi connectivity index (χ1n) is 8.34. The fourth-order valence-corrected chi connectivity index (χ4v) is 2.54. The molecule has 0 aliphatic carbocycles. The number of rotatable bonds is 6. The van der Waals surface area contributed by atoms with Crippen LogP contribution in [-0.4, -0.2) is 23.2 Å². The Morgan fingerprint density at radius 1 is 0.962 bits per heavy atom. The van der Waals surface area contributed by atoms with E-state index >= 15 is 0 Å². The van der Waals surface area contributed by atoms with Crippen molar-refractivity contribution in [2.75, 3.05) is 17.7 Å². The van der Waals surface area contributed by atoms with Gasteiger partial charge in [-0.3, -0.25) is 4.79 Å². The van der Waals surface area contributed by atoms with Crippen LogP contribution in [0.3, 0.4) is 0 Å². The van der Waals surface area contributed by atoms with Gasteiger partial charge in [-0.25, -0.2) is 0 Å².